The van der Waals surface area contributed by atoms with Gasteiger partial charge in [-0.2, -0.15) is 0 Å². The largest absolute Gasteiger partial charge is 0.327 e. The molecule has 0 saturated carbocycles. The van der Waals surface area contributed by atoms with Crippen molar-refractivity contribution < 1.29 is 14.4 Å². The molecule has 27 heavy (non-hydrogen) atoms. The minimum absolute atomic E-state index is 0.129. The Kier molecular flexibility index (Phi) is 5.92. The predicted octanol–water partition coefficient (Wildman–Crippen LogP) is 0.911. The molecule has 0 aliphatic carbocycles. The summed E-state index contributed by atoms with van der Waals surface area (Å²) in [4.78, 5) is 37.7. The molecule has 0 spiro atoms. The number of fused-ring (bicyclic) bond motifs is 1. The number of benzene rings is 1. The molecule has 0 bridgehead atoms. The van der Waals surface area contributed by atoms with Gasteiger partial charge in [0.25, 0.3) is 5.91 Å². The third-order valence-corrected chi connectivity index (χ3v) is 5.10. The third-order valence-electron chi connectivity index (χ3n) is 5.10. The maximum atomic E-state index is 12.7. The standard InChI is InChI=1S/C20H28N4O3/c1-12(2)7-15(21)10-22-9-13-3-4-16-14(8-13)11-24(20(16)27)17-5-6-18(25)23-19(17)26/h3-4,8,12,15,17,22H,5-7,9-11,21H2,1-2H3,(H,23,25,26)/t15-,17?/m0/s1. The zero-order valence-corrected chi connectivity index (χ0v) is 16.0. The van der Waals surface area contributed by atoms with E-state index >= 15 is 0 Å². The summed E-state index contributed by atoms with van der Waals surface area (Å²) in [5.41, 5.74) is 8.75. The Bertz CT molecular complexity index is 747. The molecule has 1 fully saturated rings. The van der Waals surface area contributed by atoms with Crippen molar-refractivity contribution >= 4 is 17.7 Å². The molecule has 3 amide bonds. The fourth-order valence-corrected chi connectivity index (χ4v) is 3.83. The van der Waals surface area contributed by atoms with Crippen LogP contribution in [0.1, 0.15) is 54.6 Å². The second kappa shape index (κ2) is 8.19. The number of nitrogens with two attached hydrogens (primary N) is 1. The highest BCUT2D eigenvalue weighted by molar-refractivity contribution is 6.05. The monoisotopic (exact) mass is 372 g/mol. The van der Waals surface area contributed by atoms with Gasteiger partial charge in [0.1, 0.15) is 6.04 Å². The zero-order valence-electron chi connectivity index (χ0n) is 16.0. The van der Waals surface area contributed by atoms with Crippen LogP contribution < -0.4 is 16.4 Å². The summed E-state index contributed by atoms with van der Waals surface area (Å²) in [6.45, 7) is 6.15. The van der Waals surface area contributed by atoms with Crippen molar-refractivity contribution in [1.29, 1.82) is 0 Å². The number of rotatable bonds is 7. The van der Waals surface area contributed by atoms with Gasteiger partial charge in [0.05, 0.1) is 0 Å². The van der Waals surface area contributed by atoms with Gasteiger partial charge in [0.2, 0.25) is 11.8 Å². The van der Waals surface area contributed by atoms with Gasteiger partial charge in [-0.1, -0.05) is 26.0 Å². The van der Waals surface area contributed by atoms with Gasteiger partial charge < -0.3 is 16.0 Å². The Morgan fingerprint density at radius 1 is 1.30 bits per heavy atom. The van der Waals surface area contributed by atoms with Crippen LogP contribution in [-0.2, 0) is 22.7 Å². The van der Waals surface area contributed by atoms with E-state index in [1.54, 1.807) is 4.90 Å². The molecule has 7 nitrogen and oxygen atoms in total. The highest BCUT2D eigenvalue weighted by atomic mass is 16.2. The average molecular weight is 372 g/mol. The summed E-state index contributed by atoms with van der Waals surface area (Å²) in [6, 6.07) is 5.34. The molecule has 7 heteroatoms. The summed E-state index contributed by atoms with van der Waals surface area (Å²) in [5.74, 6) is -0.220. The lowest BCUT2D eigenvalue weighted by molar-refractivity contribution is -0.136. The van der Waals surface area contributed by atoms with Gasteiger partial charge in [-0.3, -0.25) is 19.7 Å². The molecule has 3 rings (SSSR count). The Morgan fingerprint density at radius 3 is 2.78 bits per heavy atom. The van der Waals surface area contributed by atoms with Gasteiger partial charge in [0.15, 0.2) is 0 Å². The molecule has 0 aromatic heterocycles. The Labute approximate surface area is 159 Å². The highest BCUT2D eigenvalue weighted by Gasteiger charge is 2.38. The average Bonchev–Trinajstić information content (AvgIpc) is 2.90. The van der Waals surface area contributed by atoms with Crippen molar-refractivity contribution in [3.63, 3.8) is 0 Å². The van der Waals surface area contributed by atoms with Crippen LogP contribution in [0.25, 0.3) is 0 Å². The van der Waals surface area contributed by atoms with E-state index in [1.807, 2.05) is 18.2 Å². The summed E-state index contributed by atoms with van der Waals surface area (Å²) in [7, 11) is 0. The van der Waals surface area contributed by atoms with Crippen LogP contribution in [0.5, 0.6) is 0 Å². The number of carbonyl (C=O) groups is 3. The van der Waals surface area contributed by atoms with Crippen LogP contribution in [-0.4, -0.2) is 41.2 Å². The Balaban J connectivity index is 1.60. The van der Waals surface area contributed by atoms with Crippen molar-refractivity contribution in [2.24, 2.45) is 11.7 Å². The van der Waals surface area contributed by atoms with E-state index in [9.17, 15) is 14.4 Å². The molecule has 1 unspecified atom stereocenters. The van der Waals surface area contributed by atoms with Crippen molar-refractivity contribution in [2.45, 2.75) is 58.3 Å². The van der Waals surface area contributed by atoms with Gasteiger partial charge >= 0.3 is 0 Å². The van der Waals surface area contributed by atoms with Crippen LogP contribution in [0, 0.1) is 5.92 Å². The fourth-order valence-electron chi connectivity index (χ4n) is 3.83. The van der Waals surface area contributed by atoms with Crippen LogP contribution in [0.3, 0.4) is 0 Å². The predicted molar refractivity (Wildman–Crippen MR) is 102 cm³/mol. The second-order valence-electron chi connectivity index (χ2n) is 7.91. The van der Waals surface area contributed by atoms with Gasteiger partial charge in [-0.05, 0) is 36.0 Å². The first-order valence-corrected chi connectivity index (χ1v) is 9.58. The second-order valence-corrected chi connectivity index (χ2v) is 7.91. The van der Waals surface area contributed by atoms with Crippen LogP contribution in [0.4, 0.5) is 0 Å². The number of nitrogens with zero attached hydrogens (tertiary/aromatic N) is 1. The van der Waals surface area contributed by atoms with Gasteiger partial charge in [-0.25, -0.2) is 0 Å². The summed E-state index contributed by atoms with van der Waals surface area (Å²) in [5, 5.41) is 5.69. The number of carbonyl (C=O) groups excluding carboxylic acids is 3. The number of imide groups is 1. The highest BCUT2D eigenvalue weighted by Crippen LogP contribution is 2.28. The first-order chi connectivity index (χ1) is 12.8. The van der Waals surface area contributed by atoms with E-state index < -0.39 is 6.04 Å². The maximum absolute atomic E-state index is 12.7. The van der Waals surface area contributed by atoms with Crippen molar-refractivity contribution in [1.82, 2.24) is 15.5 Å². The maximum Gasteiger partial charge on any atom is 0.255 e. The molecule has 2 aliphatic rings. The molecular formula is C20H28N4O3. The summed E-state index contributed by atoms with van der Waals surface area (Å²) < 4.78 is 0. The van der Waals surface area contributed by atoms with Gasteiger partial charge in [0, 0.05) is 37.7 Å². The quantitative estimate of drug-likeness (QED) is 0.617. The summed E-state index contributed by atoms with van der Waals surface area (Å²) in [6.07, 6.45) is 1.63. The van der Waals surface area contributed by atoms with Crippen molar-refractivity contribution in [3.05, 3.63) is 34.9 Å². The number of nitrogens with one attached hydrogen (secondary N) is 2. The van der Waals surface area contributed by atoms with Crippen LogP contribution >= 0.6 is 0 Å². The Hall–Kier alpha value is -2.25. The number of hydrogen-bond acceptors (Lipinski definition) is 5. The minimum atomic E-state index is -0.571. The molecule has 2 atom stereocenters. The first kappa shape index (κ1) is 19.5. The fraction of sp³-hybridized carbons (Fsp3) is 0.550. The molecule has 1 aromatic rings. The zero-order chi connectivity index (χ0) is 19.6. The van der Waals surface area contributed by atoms with E-state index in [0.29, 0.717) is 31.0 Å². The van der Waals surface area contributed by atoms with E-state index in [2.05, 4.69) is 24.5 Å². The number of hydrogen-bond donors (Lipinski definition) is 3. The van der Waals surface area contributed by atoms with Gasteiger partial charge in [-0.15, -0.1) is 0 Å². The number of piperidine rings is 1. The normalized spacial score (nSPS) is 20.8. The third kappa shape index (κ3) is 4.54. The van der Waals surface area contributed by atoms with E-state index in [-0.39, 0.29) is 30.2 Å². The molecule has 146 valence electrons. The topological polar surface area (TPSA) is 105 Å². The lowest BCUT2D eigenvalue weighted by Crippen LogP contribution is -2.52. The minimum Gasteiger partial charge on any atom is -0.327 e. The first-order valence-electron chi connectivity index (χ1n) is 9.58. The van der Waals surface area contributed by atoms with Crippen molar-refractivity contribution in [3.8, 4) is 0 Å². The number of amides is 3. The molecule has 1 aromatic carbocycles. The molecule has 2 aliphatic heterocycles. The van der Waals surface area contributed by atoms with E-state index in [1.165, 1.54) is 0 Å². The lowest BCUT2D eigenvalue weighted by atomic mass is 10.0. The Morgan fingerprint density at radius 2 is 2.07 bits per heavy atom. The molecular weight excluding hydrogens is 344 g/mol. The summed E-state index contributed by atoms with van der Waals surface area (Å²) >= 11 is 0. The van der Waals surface area contributed by atoms with Crippen molar-refractivity contribution in [2.75, 3.05) is 6.54 Å². The smallest absolute Gasteiger partial charge is 0.255 e. The molecule has 4 N–H and O–H groups in total. The van der Waals surface area contributed by atoms with E-state index in [0.717, 1.165) is 24.1 Å². The molecule has 0 radical (unpaired) electrons. The molecule has 2 heterocycles. The SMILES string of the molecule is CC(C)C[C@H](N)CNCc1ccc2c(c1)CN(C1CCC(=O)NC1=O)C2=O. The molecule has 1 saturated heterocycles. The van der Waals surface area contributed by atoms with E-state index in [4.69, 9.17) is 5.73 Å². The lowest BCUT2D eigenvalue weighted by Gasteiger charge is -2.29. The van der Waals surface area contributed by atoms with Crippen LogP contribution in [0.2, 0.25) is 0 Å². The van der Waals surface area contributed by atoms with Crippen LogP contribution in [0.15, 0.2) is 18.2 Å².